The van der Waals surface area contributed by atoms with E-state index in [0.717, 1.165) is 16.5 Å². The minimum Gasteiger partial charge on any atom is -0.267 e. The molecule has 0 aliphatic rings. The lowest BCUT2D eigenvalue weighted by Gasteiger charge is -2.23. The van der Waals surface area contributed by atoms with Gasteiger partial charge in [0.05, 0.1) is 16.6 Å². The average Bonchev–Trinajstić information content (AvgIpc) is 2.54. The second kappa shape index (κ2) is 7.35. The number of halogens is 1. The third-order valence-corrected chi connectivity index (χ3v) is 4.69. The fraction of sp³-hybridized carbons (Fsp3) is 0.176. The van der Waals surface area contributed by atoms with Crippen LogP contribution in [0.4, 0.5) is 0 Å². The first-order valence-corrected chi connectivity index (χ1v) is 8.57. The van der Waals surface area contributed by atoms with E-state index < -0.39 is 16.4 Å². The van der Waals surface area contributed by atoms with E-state index in [1.165, 1.54) is 0 Å². The molecule has 0 fully saturated rings. The fourth-order valence-electron chi connectivity index (χ4n) is 2.67. The van der Waals surface area contributed by atoms with Crippen molar-refractivity contribution in [2.24, 2.45) is 0 Å². The summed E-state index contributed by atoms with van der Waals surface area (Å²) in [5.41, 5.74) is 1.43. The van der Waals surface area contributed by atoms with Crippen molar-refractivity contribution in [3.63, 3.8) is 0 Å². The van der Waals surface area contributed by atoms with Crippen LogP contribution in [0, 0.1) is 0 Å². The number of nitrogens with one attached hydrogen (secondary N) is 2. The van der Waals surface area contributed by atoms with Crippen LogP contribution in [0.1, 0.15) is 19.4 Å². The van der Waals surface area contributed by atoms with Crippen LogP contribution < -0.4 is 10.3 Å². The Kier molecular flexibility index (Phi) is 5.62. The Morgan fingerprint density at radius 1 is 1.00 bits per heavy atom. The number of thiol groups is 1. The molecule has 2 N–H and O–H groups in total. The molecule has 0 amide bonds. The number of hydrogen-bond acceptors (Lipinski definition) is 4. The fourth-order valence-corrected chi connectivity index (χ4v) is 3.26. The third-order valence-electron chi connectivity index (χ3n) is 3.95. The molecule has 25 heavy (non-hydrogen) atoms. The Labute approximate surface area is 152 Å². The Hall–Kier alpha value is -2.22. The first-order chi connectivity index (χ1) is 11.4. The zero-order valence-electron chi connectivity index (χ0n) is 13.6. The van der Waals surface area contributed by atoms with Gasteiger partial charge >= 0.3 is 0 Å². The molecular formula is C17H18ClN3O3S. The van der Waals surface area contributed by atoms with Crippen LogP contribution in [0.5, 0.6) is 0 Å². The molecule has 0 aliphatic carbocycles. The summed E-state index contributed by atoms with van der Waals surface area (Å²) < 4.78 is 24.4. The maximum atomic E-state index is 11.9. The molecule has 0 aliphatic heterocycles. The van der Waals surface area contributed by atoms with Gasteiger partial charge < -0.3 is 0 Å². The van der Waals surface area contributed by atoms with Gasteiger partial charge in [-0.2, -0.15) is 5.10 Å². The number of hydrogen-bond donors (Lipinski definition) is 3. The van der Waals surface area contributed by atoms with Crippen molar-refractivity contribution >= 4 is 34.1 Å². The van der Waals surface area contributed by atoms with Gasteiger partial charge in [0.25, 0.3) is 5.56 Å². The summed E-state index contributed by atoms with van der Waals surface area (Å²) in [5.74, 6) is 0. The lowest BCUT2D eigenvalue weighted by molar-refractivity contribution is 0.482. The highest BCUT2D eigenvalue weighted by Gasteiger charge is 2.21. The molecule has 6 nitrogen and oxygen atoms in total. The second-order valence-corrected chi connectivity index (χ2v) is 6.76. The van der Waals surface area contributed by atoms with Crippen LogP contribution in [-0.2, 0) is 16.4 Å². The van der Waals surface area contributed by atoms with Crippen LogP contribution in [-0.4, -0.2) is 18.6 Å². The van der Waals surface area contributed by atoms with E-state index in [0.29, 0.717) is 11.1 Å². The largest absolute Gasteiger partial charge is 0.272 e. The first kappa shape index (κ1) is 19.1. The van der Waals surface area contributed by atoms with Gasteiger partial charge in [0, 0.05) is 10.9 Å². The molecule has 132 valence electrons. The van der Waals surface area contributed by atoms with Gasteiger partial charge in [-0.05, 0) is 25.5 Å². The number of H-pyrrole nitrogens is 1. The van der Waals surface area contributed by atoms with Crippen molar-refractivity contribution in [2.45, 2.75) is 19.4 Å². The summed E-state index contributed by atoms with van der Waals surface area (Å²) in [6, 6.07) is 14.7. The van der Waals surface area contributed by atoms with Crippen molar-refractivity contribution in [1.82, 2.24) is 14.9 Å². The zero-order chi connectivity index (χ0) is 17.3. The molecule has 3 aromatic rings. The lowest BCUT2D eigenvalue weighted by Crippen LogP contribution is -2.35. The molecule has 0 saturated heterocycles. The van der Waals surface area contributed by atoms with Crippen LogP contribution in [0.25, 0.3) is 22.0 Å². The van der Waals surface area contributed by atoms with E-state index in [9.17, 15) is 13.2 Å². The van der Waals surface area contributed by atoms with Gasteiger partial charge in [0.1, 0.15) is 0 Å². The smallest absolute Gasteiger partial charge is 0.267 e. The molecule has 0 unspecified atom stereocenters. The molecule has 2 aromatic carbocycles. The molecule has 0 atom stereocenters. The van der Waals surface area contributed by atoms with Crippen molar-refractivity contribution in [2.75, 3.05) is 0 Å². The minimum atomic E-state index is -2.69. The maximum Gasteiger partial charge on any atom is 0.272 e. The highest BCUT2D eigenvalue weighted by atomic mass is 35.5. The van der Waals surface area contributed by atoms with E-state index in [4.69, 9.17) is 0 Å². The highest BCUT2D eigenvalue weighted by molar-refractivity contribution is 7.70. The normalized spacial score (nSPS) is 11.5. The molecule has 0 saturated carbocycles. The summed E-state index contributed by atoms with van der Waals surface area (Å²) >= 11 is 0. The Morgan fingerprint density at radius 2 is 1.60 bits per heavy atom. The Morgan fingerprint density at radius 3 is 2.20 bits per heavy atom. The van der Waals surface area contributed by atoms with Gasteiger partial charge in [-0.3, -0.25) is 4.79 Å². The van der Waals surface area contributed by atoms with Crippen molar-refractivity contribution in [3.8, 4) is 11.3 Å². The number of aromatic nitrogens is 2. The van der Waals surface area contributed by atoms with Crippen molar-refractivity contribution in [3.05, 3.63) is 64.4 Å². The Bertz CT molecular complexity index is 1020. The molecule has 0 spiro atoms. The SMILES string of the molecule is CC(C)(N[SH](=O)=O)c1ccc(-c2n[nH]c(=O)c3ccccc23)cc1.Cl. The number of fused-ring (bicyclic) bond motifs is 1. The number of aromatic amines is 1. The van der Waals surface area contributed by atoms with Gasteiger partial charge in [0.15, 0.2) is 0 Å². The predicted octanol–water partition coefficient (Wildman–Crippen LogP) is 2.36. The summed E-state index contributed by atoms with van der Waals surface area (Å²) in [7, 11) is -2.69. The van der Waals surface area contributed by atoms with Gasteiger partial charge in [0.2, 0.25) is 10.9 Å². The van der Waals surface area contributed by atoms with Crippen LogP contribution in [0.3, 0.4) is 0 Å². The topological polar surface area (TPSA) is 91.9 Å². The van der Waals surface area contributed by atoms with E-state index >= 15 is 0 Å². The van der Waals surface area contributed by atoms with Crippen molar-refractivity contribution < 1.29 is 8.42 Å². The highest BCUT2D eigenvalue weighted by Crippen LogP contribution is 2.27. The molecular weight excluding hydrogens is 362 g/mol. The number of rotatable bonds is 4. The van der Waals surface area contributed by atoms with Gasteiger partial charge in [-0.1, -0.05) is 42.5 Å². The lowest BCUT2D eigenvalue weighted by atomic mass is 9.94. The van der Waals surface area contributed by atoms with Crippen LogP contribution in [0.2, 0.25) is 0 Å². The number of benzene rings is 2. The van der Waals surface area contributed by atoms with Gasteiger partial charge in [-0.25, -0.2) is 18.2 Å². The standard InChI is InChI=1S/C17H17N3O3S.ClH/c1-17(2,20-24(22)23)12-9-7-11(8-10-12)15-13-5-3-4-6-14(13)16(21)19-18-15;/h3-10,24H,1-2H3,(H,19,21)(H,20,22,23);1H. The predicted molar refractivity (Wildman–Crippen MR) is 102 cm³/mol. The van der Waals surface area contributed by atoms with E-state index in [-0.39, 0.29) is 18.0 Å². The van der Waals surface area contributed by atoms with E-state index in [2.05, 4.69) is 14.9 Å². The summed E-state index contributed by atoms with van der Waals surface area (Å²) in [5, 5.41) is 8.03. The van der Waals surface area contributed by atoms with E-state index in [1.54, 1.807) is 19.9 Å². The number of nitrogens with zero attached hydrogens (tertiary/aromatic N) is 1. The first-order valence-electron chi connectivity index (χ1n) is 7.39. The summed E-state index contributed by atoms with van der Waals surface area (Å²) in [6.45, 7) is 3.58. The van der Waals surface area contributed by atoms with Gasteiger partial charge in [-0.15, -0.1) is 12.4 Å². The molecule has 1 heterocycles. The summed E-state index contributed by atoms with van der Waals surface area (Å²) in [4.78, 5) is 11.9. The van der Waals surface area contributed by atoms with Crippen LogP contribution >= 0.6 is 12.4 Å². The molecule has 3 rings (SSSR count). The minimum absolute atomic E-state index is 0. The van der Waals surface area contributed by atoms with E-state index in [1.807, 2.05) is 42.5 Å². The Balaban J connectivity index is 0.00000225. The third kappa shape index (κ3) is 3.89. The second-order valence-electron chi connectivity index (χ2n) is 6.02. The maximum absolute atomic E-state index is 11.9. The monoisotopic (exact) mass is 379 g/mol. The quantitative estimate of drug-likeness (QED) is 0.607. The molecule has 1 aromatic heterocycles. The molecule has 0 radical (unpaired) electrons. The summed E-state index contributed by atoms with van der Waals surface area (Å²) in [6.07, 6.45) is 0. The molecule has 8 heteroatoms. The zero-order valence-corrected chi connectivity index (χ0v) is 15.4. The van der Waals surface area contributed by atoms with Crippen molar-refractivity contribution in [1.29, 1.82) is 0 Å². The average molecular weight is 380 g/mol. The molecule has 0 bridgehead atoms. The van der Waals surface area contributed by atoms with Crippen LogP contribution in [0.15, 0.2) is 53.3 Å².